The molecule has 0 aliphatic heterocycles. The molecule has 0 saturated heterocycles. The first-order valence-corrected chi connectivity index (χ1v) is 17.0. The molecule has 0 fully saturated rings. The van der Waals surface area contributed by atoms with Gasteiger partial charge in [0.25, 0.3) is 0 Å². The van der Waals surface area contributed by atoms with Gasteiger partial charge in [0, 0.05) is 52.4 Å². The molecule has 0 saturated carbocycles. The molecule has 8 nitrogen and oxygen atoms in total. The van der Waals surface area contributed by atoms with Gasteiger partial charge in [0.05, 0.1) is 22.5 Å². The molecule has 6 rings (SSSR count). The second-order valence-electron chi connectivity index (χ2n) is 13.6. The third-order valence-electron chi connectivity index (χ3n) is 8.99. The highest BCUT2D eigenvalue weighted by Crippen LogP contribution is 2.40. The molecule has 0 amide bonds. The first-order valence-electron chi connectivity index (χ1n) is 17.0. The number of oxime groups is 2. The van der Waals surface area contributed by atoms with Crippen molar-refractivity contribution in [2.24, 2.45) is 16.2 Å². The average molecular weight is 680 g/mol. The Morgan fingerprint density at radius 1 is 0.686 bits per heavy atom. The monoisotopic (exact) mass is 679 g/mol. The summed E-state index contributed by atoms with van der Waals surface area (Å²) in [5, 5.41) is 11.8. The molecule has 0 bridgehead atoms. The van der Waals surface area contributed by atoms with Gasteiger partial charge in [0.2, 0.25) is 0 Å². The van der Waals surface area contributed by atoms with E-state index in [0.29, 0.717) is 29.0 Å². The third kappa shape index (κ3) is 6.95. The Morgan fingerprint density at radius 3 is 1.92 bits per heavy atom. The largest absolute Gasteiger partial charge is 0.331 e. The van der Waals surface area contributed by atoms with Crippen molar-refractivity contribution in [3.05, 3.63) is 124 Å². The fraction of sp³-hybridized carbons (Fsp3) is 0.233. The first-order chi connectivity index (χ1) is 24.3. The minimum absolute atomic E-state index is 0.0241. The molecule has 258 valence electrons. The quantitative estimate of drug-likeness (QED) is 0.0656. The van der Waals surface area contributed by atoms with Crippen molar-refractivity contribution in [2.45, 2.75) is 61.8 Å². The minimum atomic E-state index is -0.484. The number of nitrogens with zero attached hydrogens (tertiary/aromatic N) is 3. The maximum atomic E-state index is 14.6. The zero-order chi connectivity index (χ0) is 36.6. The molecule has 0 radical (unpaired) electrons. The van der Waals surface area contributed by atoms with Gasteiger partial charge in [-0.15, -0.1) is 0 Å². The Hall–Kier alpha value is -5.89. The Bertz CT molecular complexity index is 2410. The van der Waals surface area contributed by atoms with Crippen LogP contribution in [0.2, 0.25) is 0 Å². The molecule has 0 unspecified atom stereocenters. The van der Waals surface area contributed by atoms with Gasteiger partial charge < -0.3 is 14.2 Å². The summed E-state index contributed by atoms with van der Waals surface area (Å²) in [7, 11) is 0. The van der Waals surface area contributed by atoms with E-state index in [9.17, 15) is 14.4 Å². The lowest BCUT2D eigenvalue weighted by molar-refractivity contribution is -0.141. The minimum Gasteiger partial charge on any atom is -0.318 e. The van der Waals surface area contributed by atoms with E-state index in [1.165, 1.54) is 13.8 Å². The predicted molar refractivity (Wildman–Crippen MR) is 204 cm³/mol. The highest BCUT2D eigenvalue weighted by molar-refractivity contribution is 6.27. The number of fused-ring (bicyclic) bond motifs is 5. The van der Waals surface area contributed by atoms with E-state index in [1.54, 1.807) is 6.92 Å². The number of hydrogen-bond donors (Lipinski definition) is 0. The third-order valence-corrected chi connectivity index (χ3v) is 8.99. The molecule has 0 atom stereocenters. The number of carbonyl (C=O) groups is 3. The molecule has 6 aromatic rings. The molecule has 8 heteroatoms. The molecule has 1 heterocycles. The highest BCUT2D eigenvalue weighted by Gasteiger charge is 2.23. The van der Waals surface area contributed by atoms with Crippen molar-refractivity contribution < 1.29 is 24.1 Å². The number of aryl methyl sites for hydroxylation is 3. The van der Waals surface area contributed by atoms with E-state index in [1.807, 2.05) is 75.4 Å². The number of benzene rings is 5. The number of carbonyl (C=O) groups excluding carboxylic acids is 3. The summed E-state index contributed by atoms with van der Waals surface area (Å²) >= 11 is 0. The summed E-state index contributed by atoms with van der Waals surface area (Å²) in [6.07, 6.45) is 0.603. The summed E-state index contributed by atoms with van der Waals surface area (Å²) < 4.78 is 2.21. The van der Waals surface area contributed by atoms with Gasteiger partial charge in [-0.2, -0.15) is 0 Å². The van der Waals surface area contributed by atoms with Crippen molar-refractivity contribution in [1.82, 2.24) is 4.57 Å². The molecule has 1 aromatic heterocycles. The van der Waals surface area contributed by atoms with Crippen molar-refractivity contribution in [1.29, 1.82) is 0 Å². The Morgan fingerprint density at radius 2 is 1.29 bits per heavy atom. The van der Waals surface area contributed by atoms with E-state index in [0.717, 1.165) is 66.1 Å². The van der Waals surface area contributed by atoms with Crippen LogP contribution in [0.1, 0.15) is 84.8 Å². The topological polar surface area (TPSA) is 99.3 Å². The standard InChI is InChI=1S/C43H41N3O5/c1-24(2)19-39(45-51-30(8)48)32-15-18-40-36(22-32)37-23-38(43(49)41-26(4)20-25(3)21-27(41)5)34-11-9-10-12-35(34)42(37)46(40)33-16-13-31(14-17-33)28(6)44-50-29(7)47/h9-18,20-24H,19H2,1-8H3/b44-28+,45-39+. The van der Waals surface area contributed by atoms with Gasteiger partial charge in [-0.1, -0.05) is 84.3 Å². The van der Waals surface area contributed by atoms with E-state index >= 15 is 0 Å². The molecule has 0 aliphatic rings. The average Bonchev–Trinajstić information content (AvgIpc) is 3.41. The van der Waals surface area contributed by atoms with Gasteiger partial charge in [0.15, 0.2) is 5.78 Å². The van der Waals surface area contributed by atoms with Crippen LogP contribution in [0, 0.1) is 26.7 Å². The van der Waals surface area contributed by atoms with Crippen LogP contribution in [0.4, 0.5) is 0 Å². The van der Waals surface area contributed by atoms with E-state index < -0.39 is 11.9 Å². The Kier molecular flexibility index (Phi) is 9.70. The number of ketones is 1. The van der Waals surface area contributed by atoms with Crippen molar-refractivity contribution >= 4 is 61.7 Å². The zero-order valence-corrected chi connectivity index (χ0v) is 30.3. The number of aromatic nitrogens is 1. The smallest absolute Gasteiger partial charge is 0.318 e. The lowest BCUT2D eigenvalue weighted by atomic mass is 9.89. The second kappa shape index (κ2) is 14.2. The van der Waals surface area contributed by atoms with Crippen LogP contribution in [0.3, 0.4) is 0 Å². The van der Waals surface area contributed by atoms with E-state index in [4.69, 9.17) is 9.68 Å². The molecule has 0 spiro atoms. The van der Waals surface area contributed by atoms with Crippen LogP contribution in [0.25, 0.3) is 38.3 Å². The van der Waals surface area contributed by atoms with Gasteiger partial charge in [-0.25, -0.2) is 9.59 Å². The SMILES string of the molecule is CC(=O)O/N=C(\C)c1ccc(-n2c3ccc(/C(CC(C)C)=N/OC(C)=O)cc3c3cc(C(=O)c4c(C)cc(C)cc4C)c4ccccc4c32)cc1. The van der Waals surface area contributed by atoms with E-state index in [2.05, 4.69) is 59.1 Å². The van der Waals surface area contributed by atoms with Crippen LogP contribution in [0.5, 0.6) is 0 Å². The van der Waals surface area contributed by atoms with Crippen LogP contribution in [0.15, 0.2) is 95.2 Å². The van der Waals surface area contributed by atoms with Gasteiger partial charge >= 0.3 is 11.9 Å². The maximum Gasteiger partial charge on any atom is 0.331 e. The molecular weight excluding hydrogens is 638 g/mol. The second-order valence-corrected chi connectivity index (χ2v) is 13.6. The van der Waals surface area contributed by atoms with Crippen molar-refractivity contribution in [3.63, 3.8) is 0 Å². The van der Waals surface area contributed by atoms with Crippen LogP contribution in [-0.2, 0) is 19.3 Å². The van der Waals surface area contributed by atoms with Crippen molar-refractivity contribution in [2.75, 3.05) is 0 Å². The summed E-state index contributed by atoms with van der Waals surface area (Å²) in [4.78, 5) is 47.7. The summed E-state index contributed by atoms with van der Waals surface area (Å²) in [6, 6.07) is 28.2. The van der Waals surface area contributed by atoms with Crippen LogP contribution >= 0.6 is 0 Å². The fourth-order valence-corrected chi connectivity index (χ4v) is 6.93. The summed E-state index contributed by atoms with van der Waals surface area (Å²) in [6.45, 7) is 14.7. The molecule has 51 heavy (non-hydrogen) atoms. The highest BCUT2D eigenvalue weighted by atomic mass is 16.7. The Balaban J connectivity index is 1.67. The number of rotatable bonds is 9. The molecule has 0 aliphatic carbocycles. The summed E-state index contributed by atoms with van der Waals surface area (Å²) in [5.74, 6) is -0.731. The molecule has 5 aromatic carbocycles. The zero-order valence-electron chi connectivity index (χ0n) is 30.3. The van der Waals surface area contributed by atoms with Gasteiger partial charge in [-0.05, 0) is 92.4 Å². The fourth-order valence-electron chi connectivity index (χ4n) is 6.93. The summed E-state index contributed by atoms with van der Waals surface area (Å²) in [5.41, 5.74) is 10.00. The van der Waals surface area contributed by atoms with Crippen LogP contribution in [-0.4, -0.2) is 33.7 Å². The number of hydrogen-bond acceptors (Lipinski definition) is 7. The van der Waals surface area contributed by atoms with Gasteiger partial charge in [0.1, 0.15) is 0 Å². The normalized spacial score (nSPS) is 12.3. The maximum absolute atomic E-state index is 14.6. The first kappa shape index (κ1) is 35.0. The molecule has 0 N–H and O–H groups in total. The van der Waals surface area contributed by atoms with E-state index in [-0.39, 0.29) is 11.7 Å². The lowest BCUT2D eigenvalue weighted by Crippen LogP contribution is -2.08. The van der Waals surface area contributed by atoms with Crippen LogP contribution < -0.4 is 0 Å². The lowest BCUT2D eigenvalue weighted by Gasteiger charge is -2.15. The van der Waals surface area contributed by atoms with Crippen molar-refractivity contribution in [3.8, 4) is 5.69 Å². The van der Waals surface area contributed by atoms with Gasteiger partial charge in [-0.3, -0.25) is 4.79 Å². The Labute approximate surface area is 297 Å². The predicted octanol–water partition coefficient (Wildman–Crippen LogP) is 9.69. The molecular formula is C43H41N3O5.